The topological polar surface area (TPSA) is 30.5 Å². The van der Waals surface area contributed by atoms with Crippen LogP contribution in [-0.2, 0) is 13.0 Å². The van der Waals surface area contributed by atoms with E-state index in [0.29, 0.717) is 12.6 Å². The van der Waals surface area contributed by atoms with Gasteiger partial charge in [0.15, 0.2) is 11.5 Å². The molecule has 1 aliphatic rings. The second kappa shape index (κ2) is 6.19. The molecule has 1 N–H and O–H groups in total. The Bertz CT molecular complexity index is 610. The minimum Gasteiger partial charge on any atom is -0.493 e. The summed E-state index contributed by atoms with van der Waals surface area (Å²) in [6, 6.07) is 14.9. The zero-order valence-corrected chi connectivity index (χ0v) is 12.6. The summed E-state index contributed by atoms with van der Waals surface area (Å²) >= 11 is 0. The molecule has 2 aromatic rings. The highest BCUT2D eigenvalue weighted by Crippen LogP contribution is 2.39. The number of hydrogen-bond donors (Lipinski definition) is 1. The monoisotopic (exact) mass is 283 g/mol. The molecule has 0 fully saturated rings. The lowest BCUT2D eigenvalue weighted by molar-refractivity contribution is 0.284. The van der Waals surface area contributed by atoms with E-state index >= 15 is 0 Å². The van der Waals surface area contributed by atoms with Gasteiger partial charge in [0.1, 0.15) is 6.61 Å². The molecule has 21 heavy (non-hydrogen) atoms. The van der Waals surface area contributed by atoms with E-state index in [9.17, 15) is 0 Å². The minimum atomic E-state index is 0.421. The van der Waals surface area contributed by atoms with Crippen LogP contribution < -0.4 is 14.8 Å². The number of fused-ring (bicyclic) bond motifs is 1. The Morgan fingerprint density at radius 3 is 2.67 bits per heavy atom. The van der Waals surface area contributed by atoms with Gasteiger partial charge in [-0.2, -0.15) is 0 Å². The number of aryl methyl sites for hydroxylation is 1. The Labute approximate surface area is 125 Å². The zero-order chi connectivity index (χ0) is 14.7. The number of ether oxygens (including phenoxy) is 2. The summed E-state index contributed by atoms with van der Waals surface area (Å²) in [6.07, 6.45) is 2.23. The van der Waals surface area contributed by atoms with Crippen molar-refractivity contribution in [3.63, 3.8) is 0 Å². The molecule has 2 aromatic carbocycles. The first-order valence-electron chi connectivity index (χ1n) is 7.36. The maximum atomic E-state index is 5.98. The molecule has 0 radical (unpaired) electrons. The van der Waals surface area contributed by atoms with Crippen LogP contribution in [0.3, 0.4) is 0 Å². The Hall–Kier alpha value is -2.00. The predicted molar refractivity (Wildman–Crippen MR) is 83.9 cm³/mol. The van der Waals surface area contributed by atoms with Crippen molar-refractivity contribution in [3.05, 3.63) is 59.2 Å². The molecular formula is C18H21NO2. The van der Waals surface area contributed by atoms with Gasteiger partial charge in [-0.15, -0.1) is 0 Å². The number of benzene rings is 2. The molecule has 1 aliphatic carbocycles. The van der Waals surface area contributed by atoms with E-state index in [1.165, 1.54) is 11.1 Å². The Balaban J connectivity index is 1.84. The van der Waals surface area contributed by atoms with E-state index in [-0.39, 0.29) is 0 Å². The second-order valence-corrected chi connectivity index (χ2v) is 5.36. The third-order valence-electron chi connectivity index (χ3n) is 4.09. The fourth-order valence-corrected chi connectivity index (χ4v) is 2.92. The molecule has 0 bridgehead atoms. The number of hydrogen-bond acceptors (Lipinski definition) is 3. The lowest BCUT2D eigenvalue weighted by atomic mass is 10.1. The Kier molecular flexibility index (Phi) is 4.11. The first kappa shape index (κ1) is 14.0. The average molecular weight is 283 g/mol. The van der Waals surface area contributed by atoms with Crippen molar-refractivity contribution < 1.29 is 9.47 Å². The van der Waals surface area contributed by atoms with Gasteiger partial charge in [0.2, 0.25) is 0 Å². The van der Waals surface area contributed by atoms with E-state index in [1.54, 1.807) is 7.11 Å². The van der Waals surface area contributed by atoms with Crippen LogP contribution in [0.15, 0.2) is 42.5 Å². The van der Waals surface area contributed by atoms with E-state index in [2.05, 4.69) is 29.6 Å². The number of nitrogens with one attached hydrogen (secondary N) is 1. The van der Waals surface area contributed by atoms with Gasteiger partial charge in [0, 0.05) is 6.04 Å². The van der Waals surface area contributed by atoms with Crippen LogP contribution in [0.5, 0.6) is 11.5 Å². The summed E-state index contributed by atoms with van der Waals surface area (Å²) in [5.74, 6) is 1.64. The summed E-state index contributed by atoms with van der Waals surface area (Å²) in [5, 5.41) is 3.36. The van der Waals surface area contributed by atoms with Crippen molar-refractivity contribution in [2.45, 2.75) is 25.5 Å². The maximum absolute atomic E-state index is 5.98. The second-order valence-electron chi connectivity index (χ2n) is 5.36. The van der Waals surface area contributed by atoms with Gasteiger partial charge in [0.25, 0.3) is 0 Å². The van der Waals surface area contributed by atoms with Crippen LogP contribution in [0, 0.1) is 0 Å². The van der Waals surface area contributed by atoms with Crippen molar-refractivity contribution in [3.8, 4) is 11.5 Å². The minimum absolute atomic E-state index is 0.421. The Morgan fingerprint density at radius 2 is 1.95 bits per heavy atom. The van der Waals surface area contributed by atoms with Gasteiger partial charge >= 0.3 is 0 Å². The smallest absolute Gasteiger partial charge is 0.162 e. The molecule has 0 aliphatic heterocycles. The van der Waals surface area contributed by atoms with Crippen molar-refractivity contribution in [1.29, 1.82) is 0 Å². The van der Waals surface area contributed by atoms with E-state index in [4.69, 9.17) is 9.47 Å². The normalized spacial score (nSPS) is 16.6. The van der Waals surface area contributed by atoms with Crippen LogP contribution >= 0.6 is 0 Å². The summed E-state index contributed by atoms with van der Waals surface area (Å²) < 4.78 is 11.5. The molecule has 0 saturated heterocycles. The fraction of sp³-hybridized carbons (Fsp3) is 0.333. The third kappa shape index (κ3) is 2.88. The highest BCUT2D eigenvalue weighted by molar-refractivity contribution is 5.50. The fourth-order valence-electron chi connectivity index (χ4n) is 2.92. The first-order chi connectivity index (χ1) is 10.3. The lowest BCUT2D eigenvalue weighted by Crippen LogP contribution is -2.13. The molecule has 0 amide bonds. The zero-order valence-electron chi connectivity index (χ0n) is 12.6. The van der Waals surface area contributed by atoms with Gasteiger partial charge in [-0.05, 0) is 48.7 Å². The molecule has 0 aromatic heterocycles. The summed E-state index contributed by atoms with van der Waals surface area (Å²) in [7, 11) is 3.70. The van der Waals surface area contributed by atoms with E-state index in [0.717, 1.165) is 29.9 Å². The average Bonchev–Trinajstić information content (AvgIpc) is 2.94. The van der Waals surface area contributed by atoms with Crippen LogP contribution in [0.25, 0.3) is 0 Å². The molecule has 3 nitrogen and oxygen atoms in total. The summed E-state index contributed by atoms with van der Waals surface area (Å²) in [6.45, 7) is 0.556. The van der Waals surface area contributed by atoms with Crippen LogP contribution in [0.4, 0.5) is 0 Å². The van der Waals surface area contributed by atoms with Crippen molar-refractivity contribution >= 4 is 0 Å². The lowest BCUT2D eigenvalue weighted by Gasteiger charge is -2.15. The van der Waals surface area contributed by atoms with Gasteiger partial charge in [0.05, 0.1) is 7.11 Å². The van der Waals surface area contributed by atoms with Crippen LogP contribution in [0.2, 0.25) is 0 Å². The number of methoxy groups -OCH3 is 1. The van der Waals surface area contributed by atoms with Crippen molar-refractivity contribution in [2.75, 3.05) is 14.2 Å². The van der Waals surface area contributed by atoms with Crippen LogP contribution in [0.1, 0.15) is 29.2 Å². The largest absolute Gasteiger partial charge is 0.493 e. The SMILES string of the molecule is CNC1CCc2cc(OC)c(OCc3ccccc3)cc21. The molecule has 3 rings (SSSR count). The molecule has 1 unspecified atom stereocenters. The highest BCUT2D eigenvalue weighted by Gasteiger charge is 2.23. The predicted octanol–water partition coefficient (Wildman–Crippen LogP) is 3.48. The van der Waals surface area contributed by atoms with Crippen molar-refractivity contribution in [1.82, 2.24) is 5.32 Å². The molecule has 0 spiro atoms. The number of rotatable bonds is 5. The Morgan fingerprint density at radius 1 is 1.14 bits per heavy atom. The summed E-state index contributed by atoms with van der Waals surface area (Å²) in [4.78, 5) is 0. The van der Waals surface area contributed by atoms with Gasteiger partial charge < -0.3 is 14.8 Å². The maximum Gasteiger partial charge on any atom is 0.162 e. The highest BCUT2D eigenvalue weighted by atomic mass is 16.5. The standard InChI is InChI=1S/C18H21NO2/c1-19-16-9-8-14-10-17(20-2)18(11-15(14)16)21-12-13-6-4-3-5-7-13/h3-7,10-11,16,19H,8-9,12H2,1-2H3. The van der Waals surface area contributed by atoms with Gasteiger partial charge in [-0.1, -0.05) is 30.3 Å². The van der Waals surface area contributed by atoms with Crippen LogP contribution in [-0.4, -0.2) is 14.2 Å². The molecule has 0 saturated carbocycles. The van der Waals surface area contributed by atoms with Crippen molar-refractivity contribution in [2.24, 2.45) is 0 Å². The molecule has 110 valence electrons. The molecule has 0 heterocycles. The molecular weight excluding hydrogens is 262 g/mol. The molecule has 3 heteroatoms. The summed E-state index contributed by atoms with van der Waals surface area (Å²) in [5.41, 5.74) is 3.85. The van der Waals surface area contributed by atoms with Gasteiger partial charge in [-0.3, -0.25) is 0 Å². The quantitative estimate of drug-likeness (QED) is 0.911. The van der Waals surface area contributed by atoms with Gasteiger partial charge in [-0.25, -0.2) is 0 Å². The molecule has 1 atom stereocenters. The van der Waals surface area contributed by atoms with E-state index < -0.39 is 0 Å². The third-order valence-corrected chi connectivity index (χ3v) is 4.09. The first-order valence-corrected chi connectivity index (χ1v) is 7.36. The van der Waals surface area contributed by atoms with E-state index in [1.807, 2.05) is 25.2 Å².